The summed E-state index contributed by atoms with van der Waals surface area (Å²) in [5, 5.41) is 13.1. The Labute approximate surface area is 131 Å². The fourth-order valence-corrected chi connectivity index (χ4v) is 2.52. The normalized spacial score (nSPS) is 10.2. The molecule has 1 aromatic carbocycles. The van der Waals surface area contributed by atoms with Gasteiger partial charge in [0.1, 0.15) is 5.75 Å². The highest BCUT2D eigenvalue weighted by Gasteiger charge is 2.10. The van der Waals surface area contributed by atoms with Crippen molar-refractivity contribution in [2.45, 2.75) is 13.3 Å². The first-order valence-electron chi connectivity index (χ1n) is 6.69. The van der Waals surface area contributed by atoms with Gasteiger partial charge in [-0.05, 0) is 42.6 Å². The van der Waals surface area contributed by atoms with Crippen molar-refractivity contribution < 1.29 is 19.4 Å². The second-order valence-corrected chi connectivity index (χ2v) is 5.27. The molecule has 0 radical (unpaired) electrons. The monoisotopic (exact) mass is 320 g/mol. The molecule has 0 atom stereocenters. The fourth-order valence-electron chi connectivity index (χ4n) is 1.82. The van der Waals surface area contributed by atoms with Gasteiger partial charge in [0.2, 0.25) is 0 Å². The minimum absolute atomic E-state index is 0.118. The molecule has 7 heteroatoms. The van der Waals surface area contributed by atoms with Crippen LogP contribution in [0.4, 0.5) is 0 Å². The Kier molecular flexibility index (Phi) is 5.48. The molecule has 0 aliphatic rings. The molecular weight excluding hydrogens is 304 g/mol. The third kappa shape index (κ3) is 4.56. The van der Waals surface area contributed by atoms with Crippen molar-refractivity contribution in [3.05, 3.63) is 46.5 Å². The van der Waals surface area contributed by atoms with Crippen molar-refractivity contribution in [3.8, 4) is 5.75 Å². The SMILES string of the molecule is Cc1nscc1C(=O)NCCc1ccc(OCC(=O)O)cc1. The number of carbonyl (C=O) groups is 2. The van der Waals surface area contributed by atoms with Crippen molar-refractivity contribution in [2.24, 2.45) is 0 Å². The fraction of sp³-hybridized carbons (Fsp3) is 0.267. The molecule has 0 spiro atoms. The summed E-state index contributed by atoms with van der Waals surface area (Å²) < 4.78 is 9.12. The Hall–Kier alpha value is -2.41. The van der Waals surface area contributed by atoms with E-state index in [1.807, 2.05) is 12.1 Å². The second kappa shape index (κ2) is 7.56. The summed E-state index contributed by atoms with van der Waals surface area (Å²) in [4.78, 5) is 22.3. The van der Waals surface area contributed by atoms with Gasteiger partial charge in [0.15, 0.2) is 6.61 Å². The van der Waals surface area contributed by atoms with Gasteiger partial charge in [0.05, 0.1) is 11.3 Å². The minimum Gasteiger partial charge on any atom is -0.482 e. The molecule has 6 nitrogen and oxygen atoms in total. The smallest absolute Gasteiger partial charge is 0.341 e. The van der Waals surface area contributed by atoms with Gasteiger partial charge >= 0.3 is 5.97 Å². The Morgan fingerprint density at radius 2 is 2.05 bits per heavy atom. The lowest BCUT2D eigenvalue weighted by molar-refractivity contribution is -0.139. The molecule has 2 rings (SSSR count). The number of ether oxygens (including phenoxy) is 1. The maximum atomic E-state index is 11.9. The number of hydrogen-bond acceptors (Lipinski definition) is 5. The Bertz CT molecular complexity index is 652. The molecule has 0 saturated carbocycles. The zero-order valence-electron chi connectivity index (χ0n) is 12.0. The first-order valence-corrected chi connectivity index (χ1v) is 7.52. The molecule has 2 aromatic rings. The van der Waals surface area contributed by atoms with Gasteiger partial charge in [0.25, 0.3) is 5.91 Å². The Balaban J connectivity index is 1.78. The standard InChI is InChI=1S/C15H16N2O4S/c1-10-13(9-22-17-10)15(20)16-7-6-11-2-4-12(5-3-11)21-8-14(18)19/h2-5,9H,6-8H2,1H3,(H,16,20)(H,18,19). The van der Waals surface area contributed by atoms with E-state index in [1.54, 1.807) is 24.4 Å². The molecule has 0 unspecified atom stereocenters. The molecule has 22 heavy (non-hydrogen) atoms. The molecule has 2 N–H and O–H groups in total. The number of carboxylic acids is 1. The minimum atomic E-state index is -1.01. The van der Waals surface area contributed by atoms with Gasteiger partial charge in [-0.15, -0.1) is 0 Å². The van der Waals surface area contributed by atoms with E-state index < -0.39 is 5.97 Å². The van der Waals surface area contributed by atoms with Crippen LogP contribution in [0, 0.1) is 6.92 Å². The zero-order valence-corrected chi connectivity index (χ0v) is 12.9. The molecule has 116 valence electrons. The summed E-state index contributed by atoms with van der Waals surface area (Å²) >= 11 is 1.27. The topological polar surface area (TPSA) is 88.5 Å². The van der Waals surface area contributed by atoms with E-state index in [0.29, 0.717) is 24.3 Å². The molecule has 0 saturated heterocycles. The number of nitrogens with one attached hydrogen (secondary N) is 1. The third-order valence-electron chi connectivity index (χ3n) is 2.98. The predicted octanol–water partition coefficient (Wildman–Crippen LogP) is 1.89. The van der Waals surface area contributed by atoms with Crippen LogP contribution in [0.15, 0.2) is 29.6 Å². The number of benzene rings is 1. The number of carboxylic acid groups (broad SMARTS) is 1. The van der Waals surface area contributed by atoms with E-state index >= 15 is 0 Å². The van der Waals surface area contributed by atoms with E-state index in [4.69, 9.17) is 9.84 Å². The lowest BCUT2D eigenvalue weighted by atomic mass is 10.1. The van der Waals surface area contributed by atoms with Crippen LogP contribution in [0.3, 0.4) is 0 Å². The quantitative estimate of drug-likeness (QED) is 0.813. The van der Waals surface area contributed by atoms with E-state index in [9.17, 15) is 9.59 Å². The van der Waals surface area contributed by atoms with Crippen LogP contribution in [-0.2, 0) is 11.2 Å². The summed E-state index contributed by atoms with van der Waals surface area (Å²) in [6.45, 7) is 1.97. The van der Waals surface area contributed by atoms with E-state index in [2.05, 4.69) is 9.69 Å². The van der Waals surface area contributed by atoms with Crippen LogP contribution in [0.25, 0.3) is 0 Å². The molecule has 1 aromatic heterocycles. The van der Waals surface area contributed by atoms with Crippen LogP contribution in [-0.4, -0.2) is 34.5 Å². The highest BCUT2D eigenvalue weighted by molar-refractivity contribution is 7.03. The van der Waals surface area contributed by atoms with Gasteiger partial charge in [-0.25, -0.2) is 4.79 Å². The van der Waals surface area contributed by atoms with Crippen molar-refractivity contribution in [3.63, 3.8) is 0 Å². The van der Waals surface area contributed by atoms with Crippen molar-refractivity contribution in [1.82, 2.24) is 9.69 Å². The highest BCUT2D eigenvalue weighted by atomic mass is 32.1. The molecule has 0 fully saturated rings. The maximum absolute atomic E-state index is 11.9. The average Bonchev–Trinajstić information content (AvgIpc) is 2.92. The number of rotatable bonds is 7. The van der Waals surface area contributed by atoms with E-state index in [-0.39, 0.29) is 12.5 Å². The summed E-state index contributed by atoms with van der Waals surface area (Å²) in [5.41, 5.74) is 2.38. The number of aryl methyl sites for hydroxylation is 1. The zero-order chi connectivity index (χ0) is 15.9. The number of carbonyl (C=O) groups excluding carboxylic acids is 1. The summed E-state index contributed by atoms with van der Waals surface area (Å²) in [6.07, 6.45) is 0.682. The lowest BCUT2D eigenvalue weighted by Gasteiger charge is -2.06. The molecule has 1 heterocycles. The van der Waals surface area contributed by atoms with Crippen molar-refractivity contribution in [2.75, 3.05) is 13.2 Å². The molecule has 1 amide bonds. The van der Waals surface area contributed by atoms with Crippen LogP contribution in [0.5, 0.6) is 5.75 Å². The van der Waals surface area contributed by atoms with Crippen LogP contribution in [0.1, 0.15) is 21.6 Å². The average molecular weight is 320 g/mol. The number of nitrogens with zero attached hydrogens (tertiary/aromatic N) is 1. The van der Waals surface area contributed by atoms with Crippen molar-refractivity contribution in [1.29, 1.82) is 0 Å². The van der Waals surface area contributed by atoms with Gasteiger partial charge in [-0.2, -0.15) is 4.37 Å². The van der Waals surface area contributed by atoms with Crippen LogP contribution < -0.4 is 10.1 Å². The summed E-state index contributed by atoms with van der Waals surface area (Å²) in [6, 6.07) is 7.13. The number of aromatic nitrogens is 1. The van der Waals surface area contributed by atoms with Crippen LogP contribution >= 0.6 is 11.5 Å². The molecule has 0 aliphatic heterocycles. The molecular formula is C15H16N2O4S. The summed E-state index contributed by atoms with van der Waals surface area (Å²) in [5.74, 6) is -0.618. The summed E-state index contributed by atoms with van der Waals surface area (Å²) in [7, 11) is 0. The van der Waals surface area contributed by atoms with Gasteiger partial charge < -0.3 is 15.2 Å². The first kappa shape index (κ1) is 16.0. The first-order chi connectivity index (χ1) is 10.6. The predicted molar refractivity (Wildman–Crippen MR) is 82.5 cm³/mol. The molecule has 0 bridgehead atoms. The number of hydrogen-bond donors (Lipinski definition) is 2. The highest BCUT2D eigenvalue weighted by Crippen LogP contribution is 2.12. The third-order valence-corrected chi connectivity index (χ3v) is 3.70. The Morgan fingerprint density at radius 1 is 1.32 bits per heavy atom. The number of amides is 1. The van der Waals surface area contributed by atoms with Crippen LogP contribution in [0.2, 0.25) is 0 Å². The maximum Gasteiger partial charge on any atom is 0.341 e. The van der Waals surface area contributed by atoms with E-state index in [1.165, 1.54) is 11.5 Å². The Morgan fingerprint density at radius 3 is 2.64 bits per heavy atom. The van der Waals surface area contributed by atoms with Gasteiger partial charge in [-0.3, -0.25) is 4.79 Å². The largest absolute Gasteiger partial charge is 0.482 e. The lowest BCUT2D eigenvalue weighted by Crippen LogP contribution is -2.25. The molecule has 0 aliphatic carbocycles. The van der Waals surface area contributed by atoms with Crippen molar-refractivity contribution >= 4 is 23.4 Å². The van der Waals surface area contributed by atoms with Gasteiger partial charge in [0, 0.05) is 11.9 Å². The number of aliphatic carboxylic acids is 1. The second-order valence-electron chi connectivity index (χ2n) is 4.65. The van der Waals surface area contributed by atoms with E-state index in [0.717, 1.165) is 11.3 Å². The van der Waals surface area contributed by atoms with Gasteiger partial charge in [-0.1, -0.05) is 12.1 Å².